The van der Waals surface area contributed by atoms with Crippen molar-refractivity contribution in [2.45, 2.75) is 27.7 Å². The molecule has 0 aliphatic carbocycles. The van der Waals surface area contributed by atoms with Crippen LogP contribution in [0.2, 0.25) is 0 Å². The first-order valence-electron chi connectivity index (χ1n) is 5.32. The Bertz CT molecular complexity index is 136. The van der Waals surface area contributed by atoms with Gasteiger partial charge in [0.1, 0.15) is 13.2 Å². The molecule has 0 bridgehead atoms. The van der Waals surface area contributed by atoms with Crippen LogP contribution in [0.3, 0.4) is 0 Å². The van der Waals surface area contributed by atoms with Gasteiger partial charge in [-0.3, -0.25) is 0 Å². The van der Waals surface area contributed by atoms with Crippen LogP contribution in [0, 0.1) is 0 Å². The average molecular weight is 222 g/mol. The summed E-state index contributed by atoms with van der Waals surface area (Å²) >= 11 is 0. The number of allylic oxidation sites excluding steroid dienone is 1. The Labute approximate surface area is 94.9 Å². The zero-order chi connectivity index (χ0) is 10.2. The minimum Gasteiger partial charge on any atom is -1.00 e. The normalized spacial score (nSPS) is 11.4. The summed E-state index contributed by atoms with van der Waals surface area (Å²) in [5.41, 5.74) is 0. The van der Waals surface area contributed by atoms with E-state index in [1.165, 1.54) is 19.6 Å². The molecule has 0 aromatic rings. The van der Waals surface area contributed by atoms with Crippen LogP contribution in [0.1, 0.15) is 27.7 Å². The summed E-state index contributed by atoms with van der Waals surface area (Å²) in [5, 5.41) is 0. The highest BCUT2D eigenvalue weighted by atomic mass is 35.5. The van der Waals surface area contributed by atoms with Gasteiger partial charge in [-0.2, -0.15) is 0 Å². The Balaban J connectivity index is 0. The van der Waals surface area contributed by atoms with E-state index < -0.39 is 0 Å². The summed E-state index contributed by atoms with van der Waals surface area (Å²) < 4.78 is 6.51. The van der Waals surface area contributed by atoms with Crippen LogP contribution >= 0.6 is 0 Å². The molecule has 0 radical (unpaired) electrons. The minimum atomic E-state index is 0. The van der Waals surface area contributed by atoms with Crippen molar-refractivity contribution in [1.82, 2.24) is 0 Å². The van der Waals surface area contributed by atoms with Gasteiger partial charge in [-0.05, 0) is 27.7 Å². The molecule has 0 aliphatic rings. The maximum Gasteiger partial charge on any atom is 0.136 e. The molecule has 0 aliphatic heterocycles. The lowest BCUT2D eigenvalue weighted by Crippen LogP contribution is -3.00. The fourth-order valence-electron chi connectivity index (χ4n) is 1.56. The standard InChI is InChI=1S/C11H24NO.ClH/c1-5-10-13-11-9-12(6-2,7-3)8-4;/h5,10H,6-9,11H2,1-4H3;1H/q+1;/p-1. The van der Waals surface area contributed by atoms with Gasteiger partial charge in [-0.25, -0.2) is 0 Å². The predicted octanol–water partition coefficient (Wildman–Crippen LogP) is -0.583. The fourth-order valence-corrected chi connectivity index (χ4v) is 1.56. The number of rotatable bonds is 7. The summed E-state index contributed by atoms with van der Waals surface area (Å²) in [6.45, 7) is 14.3. The average Bonchev–Trinajstić information content (AvgIpc) is 2.20. The van der Waals surface area contributed by atoms with Gasteiger partial charge in [0.25, 0.3) is 0 Å². The third-order valence-corrected chi connectivity index (χ3v) is 2.93. The van der Waals surface area contributed by atoms with Crippen molar-refractivity contribution >= 4 is 0 Å². The lowest BCUT2D eigenvalue weighted by atomic mass is 10.3. The Morgan fingerprint density at radius 2 is 1.57 bits per heavy atom. The number of ether oxygens (including phenoxy) is 1. The Morgan fingerprint density at radius 1 is 1.07 bits per heavy atom. The van der Waals surface area contributed by atoms with E-state index in [9.17, 15) is 0 Å². The highest BCUT2D eigenvalue weighted by Gasteiger charge is 2.19. The number of likely N-dealkylation sites (N-methyl/N-ethyl adjacent to an activating group) is 1. The molecule has 0 saturated carbocycles. The first-order valence-corrected chi connectivity index (χ1v) is 5.32. The molecule has 0 aromatic carbocycles. The quantitative estimate of drug-likeness (QED) is 0.318. The number of nitrogens with zero attached hydrogens (tertiary/aromatic N) is 1. The molecule has 0 amide bonds. The second kappa shape index (κ2) is 9.35. The lowest BCUT2D eigenvalue weighted by Gasteiger charge is -2.35. The van der Waals surface area contributed by atoms with Crippen LogP contribution in [-0.4, -0.2) is 37.3 Å². The van der Waals surface area contributed by atoms with Crippen molar-refractivity contribution in [2.75, 3.05) is 32.8 Å². The summed E-state index contributed by atoms with van der Waals surface area (Å²) in [6.07, 6.45) is 3.70. The Hall–Kier alpha value is -0.210. The van der Waals surface area contributed by atoms with E-state index >= 15 is 0 Å². The fraction of sp³-hybridized carbons (Fsp3) is 0.818. The van der Waals surface area contributed by atoms with Crippen LogP contribution in [0.5, 0.6) is 0 Å². The van der Waals surface area contributed by atoms with Crippen LogP contribution in [0.4, 0.5) is 0 Å². The van der Waals surface area contributed by atoms with E-state index in [4.69, 9.17) is 4.74 Å². The molecule has 86 valence electrons. The Morgan fingerprint density at radius 3 is 1.93 bits per heavy atom. The topological polar surface area (TPSA) is 9.23 Å². The van der Waals surface area contributed by atoms with Crippen LogP contribution in [-0.2, 0) is 4.74 Å². The molecule has 0 N–H and O–H groups in total. The van der Waals surface area contributed by atoms with Crippen LogP contribution in [0.25, 0.3) is 0 Å². The minimum absolute atomic E-state index is 0. The number of hydrogen-bond donors (Lipinski definition) is 0. The third kappa shape index (κ3) is 5.51. The number of halogens is 1. The Kier molecular flexibility index (Phi) is 10.8. The highest BCUT2D eigenvalue weighted by Crippen LogP contribution is 2.04. The van der Waals surface area contributed by atoms with Gasteiger partial charge in [0.05, 0.1) is 25.9 Å². The highest BCUT2D eigenvalue weighted by molar-refractivity contribution is 4.64. The van der Waals surface area contributed by atoms with Crippen LogP contribution in [0.15, 0.2) is 12.3 Å². The number of quaternary nitrogens is 1. The number of hydrogen-bond acceptors (Lipinski definition) is 1. The molecule has 3 heteroatoms. The second-order valence-electron chi connectivity index (χ2n) is 3.35. The summed E-state index contributed by atoms with van der Waals surface area (Å²) in [7, 11) is 0. The van der Waals surface area contributed by atoms with Crippen molar-refractivity contribution < 1.29 is 21.6 Å². The molecular formula is C11H24ClNO. The van der Waals surface area contributed by atoms with Gasteiger partial charge in [0, 0.05) is 0 Å². The maximum absolute atomic E-state index is 5.35. The lowest BCUT2D eigenvalue weighted by molar-refractivity contribution is -0.923. The third-order valence-electron chi connectivity index (χ3n) is 2.93. The predicted molar refractivity (Wildman–Crippen MR) is 57.5 cm³/mol. The monoisotopic (exact) mass is 221 g/mol. The van der Waals surface area contributed by atoms with Crippen molar-refractivity contribution in [1.29, 1.82) is 0 Å². The first-order chi connectivity index (χ1) is 6.24. The first kappa shape index (κ1) is 16.2. The van der Waals surface area contributed by atoms with E-state index in [-0.39, 0.29) is 12.4 Å². The second-order valence-corrected chi connectivity index (χ2v) is 3.35. The van der Waals surface area contributed by atoms with Crippen molar-refractivity contribution in [3.63, 3.8) is 0 Å². The molecule has 0 rings (SSSR count). The van der Waals surface area contributed by atoms with E-state index in [0.29, 0.717) is 0 Å². The van der Waals surface area contributed by atoms with Gasteiger partial charge in [0.2, 0.25) is 0 Å². The molecule has 0 saturated heterocycles. The van der Waals surface area contributed by atoms with Crippen LogP contribution < -0.4 is 12.4 Å². The van der Waals surface area contributed by atoms with Gasteiger partial charge in [-0.15, -0.1) is 0 Å². The molecular weight excluding hydrogens is 198 g/mol. The van der Waals surface area contributed by atoms with E-state index in [1.54, 1.807) is 6.26 Å². The SMILES string of the molecule is CC=COCC[N+](CC)(CC)CC.[Cl-]. The summed E-state index contributed by atoms with van der Waals surface area (Å²) in [6, 6.07) is 0. The van der Waals surface area contributed by atoms with E-state index in [2.05, 4.69) is 20.8 Å². The van der Waals surface area contributed by atoms with Gasteiger partial charge in [-0.1, -0.05) is 6.08 Å². The molecule has 0 fully saturated rings. The summed E-state index contributed by atoms with van der Waals surface area (Å²) in [4.78, 5) is 0. The molecule has 0 unspecified atom stereocenters. The summed E-state index contributed by atoms with van der Waals surface area (Å²) in [5.74, 6) is 0. The van der Waals surface area contributed by atoms with Gasteiger partial charge in [0.15, 0.2) is 0 Å². The van der Waals surface area contributed by atoms with E-state index in [1.807, 2.05) is 13.0 Å². The molecule has 14 heavy (non-hydrogen) atoms. The zero-order valence-electron chi connectivity index (χ0n) is 9.92. The molecule has 0 atom stereocenters. The van der Waals surface area contributed by atoms with Crippen molar-refractivity contribution in [3.05, 3.63) is 12.3 Å². The molecule has 0 spiro atoms. The molecule has 0 heterocycles. The zero-order valence-corrected chi connectivity index (χ0v) is 10.7. The molecule has 2 nitrogen and oxygen atoms in total. The van der Waals surface area contributed by atoms with Gasteiger partial charge < -0.3 is 21.6 Å². The van der Waals surface area contributed by atoms with Crippen molar-refractivity contribution in [3.8, 4) is 0 Å². The van der Waals surface area contributed by atoms with E-state index in [0.717, 1.165) is 17.6 Å². The maximum atomic E-state index is 5.35. The smallest absolute Gasteiger partial charge is 0.136 e. The van der Waals surface area contributed by atoms with Crippen molar-refractivity contribution in [2.24, 2.45) is 0 Å². The van der Waals surface area contributed by atoms with Gasteiger partial charge >= 0.3 is 0 Å². The largest absolute Gasteiger partial charge is 1.00 e. The molecule has 0 aromatic heterocycles.